The van der Waals surface area contributed by atoms with Crippen molar-refractivity contribution in [3.05, 3.63) is 75.8 Å². The predicted molar refractivity (Wildman–Crippen MR) is 162 cm³/mol. The lowest BCUT2D eigenvalue weighted by molar-refractivity contribution is -0.120. The first kappa shape index (κ1) is 30.3. The summed E-state index contributed by atoms with van der Waals surface area (Å²) in [4.78, 5) is 25.9. The average molecular weight is 565 g/mol. The van der Waals surface area contributed by atoms with Crippen molar-refractivity contribution in [3.8, 4) is 16.9 Å². The van der Waals surface area contributed by atoms with Crippen LogP contribution in [-0.2, 0) is 17.8 Å². The maximum absolute atomic E-state index is 13.1. The van der Waals surface area contributed by atoms with Gasteiger partial charge in [-0.25, -0.2) is 0 Å². The molecule has 9 N–H and O–H groups in total. The van der Waals surface area contributed by atoms with Crippen molar-refractivity contribution >= 4 is 40.6 Å². The molecule has 0 radical (unpaired) electrons. The maximum atomic E-state index is 13.1. The highest BCUT2D eigenvalue weighted by atomic mass is 35.5. The number of carbonyl (C=O) groups excluding carboxylic acids is 2. The van der Waals surface area contributed by atoms with Crippen molar-refractivity contribution in [2.45, 2.75) is 46.7 Å². The molecule has 9 nitrogen and oxygen atoms in total. The monoisotopic (exact) mass is 564 g/mol. The molecular formula is C30H37ClN6O3. The number of nitrogen functional groups attached to an aromatic ring is 2. The first-order valence-electron chi connectivity index (χ1n) is 13.1. The Morgan fingerprint density at radius 3 is 2.27 bits per heavy atom. The van der Waals surface area contributed by atoms with Crippen LogP contribution in [0, 0.1) is 11.3 Å². The van der Waals surface area contributed by atoms with Crippen LogP contribution in [0.15, 0.2) is 48.5 Å². The molecule has 2 amide bonds. The van der Waals surface area contributed by atoms with E-state index in [0.717, 1.165) is 5.56 Å². The molecule has 0 aliphatic carbocycles. The fraction of sp³-hybridized carbons (Fsp3) is 0.300. The second kappa shape index (κ2) is 13.2. The van der Waals surface area contributed by atoms with Gasteiger partial charge in [-0.1, -0.05) is 49.7 Å². The van der Waals surface area contributed by atoms with E-state index in [-0.39, 0.29) is 48.3 Å². The summed E-state index contributed by atoms with van der Waals surface area (Å²) in [5.74, 6) is -0.497. The fourth-order valence-electron chi connectivity index (χ4n) is 4.15. The number of halogens is 1. The number of carbonyl (C=O) groups is 2. The number of hydrogen-bond donors (Lipinski definition) is 7. The van der Waals surface area contributed by atoms with E-state index in [2.05, 4.69) is 16.0 Å². The number of nitrogens with one attached hydrogen (secondary N) is 4. The minimum atomic E-state index is -0.344. The number of aromatic hydroxyl groups is 1. The van der Waals surface area contributed by atoms with Gasteiger partial charge >= 0.3 is 0 Å². The van der Waals surface area contributed by atoms with Crippen LogP contribution in [0.2, 0.25) is 5.02 Å². The lowest BCUT2D eigenvalue weighted by Crippen LogP contribution is -2.27. The topological polar surface area (TPSA) is 166 Å². The van der Waals surface area contributed by atoms with Crippen LogP contribution in [0.1, 0.15) is 54.7 Å². The van der Waals surface area contributed by atoms with Gasteiger partial charge in [-0.15, -0.1) is 0 Å². The number of amides is 2. The molecule has 0 aromatic heterocycles. The minimum Gasteiger partial charge on any atom is -0.505 e. The lowest BCUT2D eigenvalue weighted by Gasteiger charge is -2.20. The van der Waals surface area contributed by atoms with Gasteiger partial charge in [-0.3, -0.25) is 15.0 Å². The summed E-state index contributed by atoms with van der Waals surface area (Å²) in [6.45, 7) is 8.58. The fourth-order valence-corrected chi connectivity index (χ4v) is 4.48. The summed E-state index contributed by atoms with van der Waals surface area (Å²) < 4.78 is 0. The van der Waals surface area contributed by atoms with E-state index in [9.17, 15) is 14.7 Å². The number of rotatable bonds is 11. The first-order valence-corrected chi connectivity index (χ1v) is 13.4. The average Bonchev–Trinajstić information content (AvgIpc) is 2.88. The van der Waals surface area contributed by atoms with E-state index in [1.165, 1.54) is 0 Å². The smallest absolute Gasteiger partial charge is 0.251 e. The van der Waals surface area contributed by atoms with Gasteiger partial charge in [-0.05, 0) is 55.2 Å². The normalized spacial score (nSPS) is 11.0. The second-order valence-corrected chi connectivity index (χ2v) is 10.8. The lowest BCUT2D eigenvalue weighted by atomic mass is 9.93. The van der Waals surface area contributed by atoms with Crippen molar-refractivity contribution in [3.63, 3.8) is 0 Å². The largest absolute Gasteiger partial charge is 0.505 e. The molecule has 0 bridgehead atoms. The molecule has 3 rings (SSSR count). The molecule has 0 saturated heterocycles. The van der Waals surface area contributed by atoms with Gasteiger partial charge in [-0.2, -0.15) is 0 Å². The molecule has 0 unspecified atom stereocenters. The van der Waals surface area contributed by atoms with Crippen LogP contribution in [0.25, 0.3) is 11.1 Å². The zero-order valence-electron chi connectivity index (χ0n) is 23.2. The van der Waals surface area contributed by atoms with E-state index in [1.807, 2.05) is 27.7 Å². The van der Waals surface area contributed by atoms with E-state index < -0.39 is 0 Å². The second-order valence-electron chi connectivity index (χ2n) is 10.4. The van der Waals surface area contributed by atoms with Gasteiger partial charge in [0.25, 0.3) is 5.91 Å². The molecule has 0 spiro atoms. The molecule has 0 fully saturated rings. The number of amidine groups is 1. The summed E-state index contributed by atoms with van der Waals surface area (Å²) in [6, 6.07) is 13.5. The van der Waals surface area contributed by atoms with Gasteiger partial charge < -0.3 is 32.5 Å². The summed E-state index contributed by atoms with van der Waals surface area (Å²) in [5, 5.41) is 28.0. The number of hydrogen-bond acceptors (Lipinski definition) is 6. The Bertz CT molecular complexity index is 1400. The van der Waals surface area contributed by atoms with Crippen LogP contribution >= 0.6 is 11.6 Å². The number of nitrogens with two attached hydrogens (primary N) is 2. The van der Waals surface area contributed by atoms with Gasteiger partial charge in [0.15, 0.2) is 0 Å². The summed E-state index contributed by atoms with van der Waals surface area (Å²) in [7, 11) is 0. The molecule has 0 heterocycles. The first-order chi connectivity index (χ1) is 18.8. The third-order valence-electron chi connectivity index (χ3n) is 6.07. The number of benzene rings is 3. The van der Waals surface area contributed by atoms with E-state index in [4.69, 9.17) is 28.5 Å². The Balaban J connectivity index is 1.98. The number of phenols is 1. The van der Waals surface area contributed by atoms with Crippen LogP contribution in [0.5, 0.6) is 5.75 Å². The highest BCUT2D eigenvalue weighted by molar-refractivity contribution is 6.34. The van der Waals surface area contributed by atoms with Crippen molar-refractivity contribution in [1.29, 1.82) is 5.41 Å². The van der Waals surface area contributed by atoms with E-state index in [0.29, 0.717) is 50.8 Å². The van der Waals surface area contributed by atoms with Gasteiger partial charge in [0.1, 0.15) is 11.6 Å². The molecular weight excluding hydrogens is 528 g/mol. The Kier molecular flexibility index (Phi) is 10.0. The third kappa shape index (κ3) is 7.89. The summed E-state index contributed by atoms with van der Waals surface area (Å²) >= 11 is 6.76. The van der Waals surface area contributed by atoms with E-state index >= 15 is 0 Å². The van der Waals surface area contributed by atoms with Crippen LogP contribution < -0.4 is 27.4 Å². The van der Waals surface area contributed by atoms with Gasteiger partial charge in [0.2, 0.25) is 5.91 Å². The van der Waals surface area contributed by atoms with Crippen molar-refractivity contribution in [1.82, 2.24) is 10.6 Å². The maximum Gasteiger partial charge on any atom is 0.251 e. The Hall–Kier alpha value is -4.24. The van der Waals surface area contributed by atoms with E-state index in [1.54, 1.807) is 48.5 Å². The zero-order chi connectivity index (χ0) is 29.6. The number of phenolic OH excluding ortho intramolecular Hbond substituents is 1. The molecule has 3 aromatic rings. The summed E-state index contributed by atoms with van der Waals surface area (Å²) in [6.07, 6.45) is -0.177. The Labute approximate surface area is 239 Å². The predicted octanol–water partition coefficient (Wildman–Crippen LogP) is 4.64. The van der Waals surface area contributed by atoms with Gasteiger partial charge in [0.05, 0.1) is 17.1 Å². The summed E-state index contributed by atoms with van der Waals surface area (Å²) in [5.41, 5.74) is 15.4. The molecule has 10 heteroatoms. The zero-order valence-corrected chi connectivity index (χ0v) is 23.9. The van der Waals surface area contributed by atoms with Crippen LogP contribution in [0.4, 0.5) is 11.4 Å². The molecule has 3 aromatic carbocycles. The third-order valence-corrected chi connectivity index (χ3v) is 6.36. The minimum absolute atomic E-state index is 0.00362. The molecule has 0 saturated carbocycles. The molecule has 0 aliphatic heterocycles. The van der Waals surface area contributed by atoms with Crippen molar-refractivity contribution in [2.24, 2.45) is 11.7 Å². The van der Waals surface area contributed by atoms with Gasteiger partial charge in [0, 0.05) is 47.1 Å². The molecule has 0 atom stereocenters. The standard InChI is InChI=1S/C30H37ClN6O3/c1-16(2)14-36-30(40)21-9-20(10-22(32)11-21)27-23(28(39)25(13-24(27)31)37-17(3)4)12-26(38)35-15-18-5-7-19(8-6-18)29(33)34/h5-11,13,16-17,37,39H,12,14-15,32H2,1-4H3,(H3,33,34)(H,35,38)(H,36,40). The highest BCUT2D eigenvalue weighted by Gasteiger charge is 2.22. The SMILES string of the molecule is CC(C)CNC(=O)c1cc(N)cc(-c2c(Cl)cc(NC(C)C)c(O)c2CC(=O)NCc2ccc(C(=N)N)cc2)c1. The Morgan fingerprint density at radius 1 is 1.00 bits per heavy atom. The molecule has 40 heavy (non-hydrogen) atoms. The highest BCUT2D eigenvalue weighted by Crippen LogP contribution is 2.43. The van der Waals surface area contributed by atoms with Crippen LogP contribution in [0.3, 0.4) is 0 Å². The Morgan fingerprint density at radius 2 is 1.68 bits per heavy atom. The molecule has 0 aliphatic rings. The quantitative estimate of drug-likeness (QED) is 0.0774. The van der Waals surface area contributed by atoms with Crippen molar-refractivity contribution in [2.75, 3.05) is 17.6 Å². The van der Waals surface area contributed by atoms with Crippen LogP contribution in [-0.4, -0.2) is 35.3 Å². The number of anilines is 2. The molecule has 212 valence electrons. The van der Waals surface area contributed by atoms with Crippen molar-refractivity contribution < 1.29 is 14.7 Å².